The van der Waals surface area contributed by atoms with E-state index in [4.69, 9.17) is 0 Å². The Kier molecular flexibility index (Phi) is 8.35. The van der Waals surface area contributed by atoms with Crippen molar-refractivity contribution in [2.75, 3.05) is 36.0 Å². The fourth-order valence-corrected chi connectivity index (χ4v) is 4.51. The Morgan fingerprint density at radius 1 is 0.667 bits per heavy atom. The van der Waals surface area contributed by atoms with E-state index in [1.54, 1.807) is 0 Å². The van der Waals surface area contributed by atoms with Crippen molar-refractivity contribution in [3.63, 3.8) is 0 Å². The predicted octanol–water partition coefficient (Wildman–Crippen LogP) is 6.50. The smallest absolute Gasteiger partial charge is 0.119 e. The molecule has 0 fully saturated rings. The minimum Gasteiger partial charge on any atom is -0.380 e. The van der Waals surface area contributed by atoms with Crippen LogP contribution in [0.2, 0.25) is 0 Å². The van der Waals surface area contributed by atoms with E-state index in [1.165, 1.54) is 11.4 Å². The third-order valence-corrected chi connectivity index (χ3v) is 6.62. The zero-order valence-corrected chi connectivity index (χ0v) is 20.6. The van der Waals surface area contributed by atoms with Crippen molar-refractivity contribution in [1.29, 1.82) is 0 Å². The first-order valence-corrected chi connectivity index (χ1v) is 12.1. The Morgan fingerprint density at radius 3 is 1.45 bits per heavy atom. The highest BCUT2D eigenvalue weighted by Crippen LogP contribution is 2.35. The van der Waals surface area contributed by atoms with E-state index in [9.17, 15) is 5.11 Å². The molecule has 3 nitrogen and oxygen atoms in total. The molecular weight excluding hydrogens is 404 g/mol. The average Bonchev–Trinajstić information content (AvgIpc) is 2.87. The van der Waals surface area contributed by atoms with Crippen LogP contribution in [0.4, 0.5) is 11.4 Å². The highest BCUT2D eigenvalue weighted by Gasteiger charge is 2.32. The summed E-state index contributed by atoms with van der Waals surface area (Å²) in [6.07, 6.45) is 2.33. The maximum absolute atomic E-state index is 12.1. The second kappa shape index (κ2) is 11.2. The molecule has 3 aromatic rings. The molecule has 0 aliphatic heterocycles. The predicted molar refractivity (Wildman–Crippen MR) is 143 cm³/mol. The number of rotatable bonds is 11. The lowest BCUT2D eigenvalue weighted by molar-refractivity contribution is 0.0811. The second-order valence-electron chi connectivity index (χ2n) is 8.42. The Balaban J connectivity index is 1.99. The highest BCUT2D eigenvalue weighted by atomic mass is 16.3. The van der Waals surface area contributed by atoms with E-state index < -0.39 is 5.60 Å². The van der Waals surface area contributed by atoms with Gasteiger partial charge in [-0.15, -0.1) is 0 Å². The summed E-state index contributed by atoms with van der Waals surface area (Å²) >= 11 is 0. The fraction of sp³-hybridized carbons (Fsp3) is 0.333. The molecule has 0 heterocycles. The third-order valence-electron chi connectivity index (χ3n) is 6.62. The number of hydrogen-bond acceptors (Lipinski definition) is 3. The molecule has 0 amide bonds. The van der Waals surface area contributed by atoms with Crippen molar-refractivity contribution in [3.05, 3.63) is 102 Å². The molecule has 0 saturated heterocycles. The zero-order chi connectivity index (χ0) is 23.8. The van der Waals surface area contributed by atoms with Crippen molar-refractivity contribution in [1.82, 2.24) is 0 Å². The summed E-state index contributed by atoms with van der Waals surface area (Å²) in [5.41, 5.74) is 5.20. The van der Waals surface area contributed by atoms with Crippen LogP contribution in [0.3, 0.4) is 0 Å². The maximum Gasteiger partial charge on any atom is 0.119 e. The topological polar surface area (TPSA) is 26.7 Å². The van der Waals surface area contributed by atoms with Gasteiger partial charge in [0.15, 0.2) is 0 Å². The molecule has 0 aliphatic rings. The molecule has 1 atom stereocenters. The largest absolute Gasteiger partial charge is 0.380 e. The summed E-state index contributed by atoms with van der Waals surface area (Å²) in [6.45, 7) is 16.4. The number of nitrogens with zero attached hydrogens (tertiary/aromatic N) is 2. The molecule has 0 bridgehead atoms. The van der Waals surface area contributed by atoms with Crippen molar-refractivity contribution in [2.45, 2.75) is 39.7 Å². The van der Waals surface area contributed by atoms with Crippen LogP contribution in [0, 0.1) is 0 Å². The Morgan fingerprint density at radius 2 is 1.06 bits per heavy atom. The molecule has 1 unspecified atom stereocenters. The fourth-order valence-electron chi connectivity index (χ4n) is 4.51. The molecule has 0 spiro atoms. The van der Waals surface area contributed by atoms with E-state index in [0.29, 0.717) is 6.42 Å². The van der Waals surface area contributed by atoms with Gasteiger partial charge in [-0.2, -0.15) is 0 Å². The van der Waals surface area contributed by atoms with Crippen molar-refractivity contribution in [3.8, 4) is 0 Å². The van der Waals surface area contributed by atoms with Gasteiger partial charge in [-0.3, -0.25) is 0 Å². The summed E-state index contributed by atoms with van der Waals surface area (Å²) in [7, 11) is 0. The van der Waals surface area contributed by atoms with Crippen LogP contribution >= 0.6 is 0 Å². The first kappa shape index (κ1) is 24.6. The van der Waals surface area contributed by atoms with Gasteiger partial charge in [0, 0.05) is 44.0 Å². The lowest BCUT2D eigenvalue weighted by Gasteiger charge is -2.31. The molecule has 33 heavy (non-hydrogen) atoms. The maximum atomic E-state index is 12.1. The number of benzene rings is 3. The normalized spacial score (nSPS) is 12.8. The van der Waals surface area contributed by atoms with Crippen LogP contribution in [0.15, 0.2) is 79.4 Å². The molecule has 0 aromatic heterocycles. The lowest BCUT2D eigenvalue weighted by Crippen LogP contribution is -2.30. The molecule has 0 saturated carbocycles. The molecule has 3 aromatic carbocycles. The standard InChI is InChI=1S/C30H38N2O/c1-6-24-11-15-26(16-12-24)30(33,27-17-21-29(22-18-27)32(9-4)10-5)23-25-13-19-28(20-14-25)31(7-2)8-3/h6,11-22,33H,1,7-10,23H2,2-5H3. The van der Waals surface area contributed by atoms with Gasteiger partial charge in [0.2, 0.25) is 0 Å². The van der Waals surface area contributed by atoms with Gasteiger partial charge >= 0.3 is 0 Å². The van der Waals surface area contributed by atoms with Crippen LogP contribution in [0.1, 0.15) is 49.9 Å². The van der Waals surface area contributed by atoms with E-state index in [1.807, 2.05) is 30.3 Å². The number of anilines is 2. The molecule has 3 heteroatoms. The van der Waals surface area contributed by atoms with Crippen LogP contribution < -0.4 is 9.80 Å². The van der Waals surface area contributed by atoms with Crippen molar-refractivity contribution < 1.29 is 5.11 Å². The first-order chi connectivity index (χ1) is 16.0. The van der Waals surface area contributed by atoms with E-state index in [0.717, 1.165) is 48.4 Å². The van der Waals surface area contributed by atoms with Gasteiger partial charge in [-0.25, -0.2) is 0 Å². The summed E-state index contributed by atoms with van der Waals surface area (Å²) < 4.78 is 0. The Hall–Kier alpha value is -3.04. The van der Waals surface area contributed by atoms with Gasteiger partial charge in [0.05, 0.1) is 0 Å². The van der Waals surface area contributed by atoms with E-state index in [2.05, 4.69) is 92.6 Å². The van der Waals surface area contributed by atoms with Crippen LogP contribution in [0.25, 0.3) is 6.08 Å². The number of hydrogen-bond donors (Lipinski definition) is 1. The summed E-state index contributed by atoms with van der Waals surface area (Å²) in [6, 6.07) is 25.0. The third kappa shape index (κ3) is 5.48. The minimum atomic E-state index is -1.13. The molecule has 0 aliphatic carbocycles. The second-order valence-corrected chi connectivity index (χ2v) is 8.42. The molecule has 3 rings (SSSR count). The average molecular weight is 443 g/mol. The first-order valence-electron chi connectivity index (χ1n) is 12.1. The minimum absolute atomic E-state index is 0.504. The quantitative estimate of drug-likeness (QED) is 0.367. The molecular formula is C30H38N2O. The number of aliphatic hydroxyl groups is 1. The Labute approximate surface area is 200 Å². The summed E-state index contributed by atoms with van der Waals surface area (Å²) in [5, 5.41) is 12.1. The Bertz CT molecular complexity index is 1000. The van der Waals surface area contributed by atoms with Crippen LogP contribution in [0.5, 0.6) is 0 Å². The zero-order valence-electron chi connectivity index (χ0n) is 20.6. The van der Waals surface area contributed by atoms with Crippen LogP contribution in [-0.2, 0) is 12.0 Å². The monoisotopic (exact) mass is 442 g/mol. The highest BCUT2D eigenvalue weighted by molar-refractivity contribution is 5.53. The summed E-state index contributed by atoms with van der Waals surface area (Å²) in [4.78, 5) is 4.64. The van der Waals surface area contributed by atoms with Crippen molar-refractivity contribution in [2.24, 2.45) is 0 Å². The lowest BCUT2D eigenvalue weighted by atomic mass is 9.81. The van der Waals surface area contributed by atoms with Gasteiger partial charge in [0.1, 0.15) is 5.60 Å². The molecule has 0 radical (unpaired) electrons. The molecule has 1 N–H and O–H groups in total. The van der Waals surface area contributed by atoms with E-state index >= 15 is 0 Å². The molecule has 174 valence electrons. The van der Waals surface area contributed by atoms with Crippen molar-refractivity contribution >= 4 is 17.5 Å². The van der Waals surface area contributed by atoms with Gasteiger partial charge in [0.25, 0.3) is 0 Å². The van der Waals surface area contributed by atoms with Gasteiger partial charge in [-0.05, 0) is 74.2 Å². The van der Waals surface area contributed by atoms with E-state index in [-0.39, 0.29) is 0 Å². The SMILES string of the molecule is C=Cc1ccc(C(O)(Cc2ccc(N(CC)CC)cc2)c2ccc(N(CC)CC)cc2)cc1. The van der Waals surface area contributed by atoms with Gasteiger partial charge < -0.3 is 14.9 Å². The van der Waals surface area contributed by atoms with Crippen LogP contribution in [-0.4, -0.2) is 31.3 Å². The summed E-state index contributed by atoms with van der Waals surface area (Å²) in [5.74, 6) is 0. The van der Waals surface area contributed by atoms with Gasteiger partial charge in [-0.1, -0.05) is 61.2 Å².